The molecule has 10 nitrogen and oxygen atoms in total. The van der Waals surface area contributed by atoms with Gasteiger partial charge in [-0.1, -0.05) is 33.1 Å². The molecule has 10 heteroatoms. The van der Waals surface area contributed by atoms with Crippen LogP contribution in [0.25, 0.3) is 0 Å². The highest BCUT2D eigenvalue weighted by Crippen LogP contribution is 2.42. The lowest BCUT2D eigenvalue weighted by Gasteiger charge is -2.43. The second-order valence-electron chi connectivity index (χ2n) is 9.87. The van der Waals surface area contributed by atoms with Crippen LogP contribution in [0.1, 0.15) is 68.4 Å². The average molecular weight is 497 g/mol. The first-order valence-corrected chi connectivity index (χ1v) is 13.2. The van der Waals surface area contributed by atoms with E-state index in [4.69, 9.17) is 16.5 Å². The van der Waals surface area contributed by atoms with Crippen LogP contribution in [0.15, 0.2) is 34.6 Å². The zero-order valence-corrected chi connectivity index (χ0v) is 21.5. The van der Waals surface area contributed by atoms with Crippen LogP contribution in [0.2, 0.25) is 0 Å². The van der Waals surface area contributed by atoms with E-state index in [2.05, 4.69) is 27.4 Å². The van der Waals surface area contributed by atoms with Gasteiger partial charge in [0.1, 0.15) is 17.3 Å². The minimum absolute atomic E-state index is 0.0353. The topological polar surface area (TPSA) is 143 Å². The minimum atomic E-state index is -0.168. The number of guanidine groups is 1. The smallest absolute Gasteiger partial charge is 0.268 e. The van der Waals surface area contributed by atoms with Gasteiger partial charge < -0.3 is 36.9 Å². The number of amides is 2. The molecule has 0 atom stereocenters. The predicted molar refractivity (Wildman–Crippen MR) is 142 cm³/mol. The fourth-order valence-electron chi connectivity index (χ4n) is 5.54. The Morgan fingerprint density at radius 1 is 1.17 bits per heavy atom. The highest BCUT2D eigenvalue weighted by Gasteiger charge is 2.42. The van der Waals surface area contributed by atoms with Gasteiger partial charge in [-0.05, 0) is 49.5 Å². The number of nitrogens with one attached hydrogen (secondary N) is 3. The van der Waals surface area contributed by atoms with Crippen molar-refractivity contribution >= 4 is 23.6 Å². The number of hydrogen-bond donors (Lipinski definition) is 5. The molecule has 0 unspecified atom stereocenters. The van der Waals surface area contributed by atoms with E-state index in [0.717, 1.165) is 56.6 Å². The van der Waals surface area contributed by atoms with Crippen molar-refractivity contribution in [1.82, 2.24) is 25.4 Å². The molecule has 3 heterocycles. The first-order chi connectivity index (χ1) is 17.4. The van der Waals surface area contributed by atoms with Gasteiger partial charge in [-0.25, -0.2) is 0 Å². The number of nitrogens with two attached hydrogens (primary N) is 2. The van der Waals surface area contributed by atoms with Gasteiger partial charge >= 0.3 is 0 Å². The molecule has 2 amide bonds. The average Bonchev–Trinajstić information content (AvgIpc) is 3.27. The number of aryl methyl sites for hydroxylation is 1. The number of nitrogens with zero attached hydrogens (tertiary/aromatic N) is 3. The van der Waals surface area contributed by atoms with Crippen LogP contribution in [0, 0.1) is 0 Å². The number of aliphatic imine (C=N–C) groups is 1. The SMILES string of the molecule is CC/C(=C\C=C(/N)NC(N)=Nc1c(CC)cc2n1C1(CCCCC1)CNC2=O)C(=O)N1CCNCC1. The standard InChI is InChI=1S/C26H40N8O2/c1-3-18(24(36)33-14-12-29-13-15-33)8-9-21(27)31-25(28)32-22-19(4-2)16-20-23(35)30-17-26(34(20)22)10-6-5-7-11-26/h8-9,16,29H,3-7,10-15,17,27H2,1-2H3,(H,30,35)(H3,28,31,32)/b18-8+,21-9+. The molecular formula is C26H40N8O2. The zero-order chi connectivity index (χ0) is 25.7. The highest BCUT2D eigenvalue weighted by atomic mass is 16.2. The number of allylic oxidation sites excluding steroid dienone is 2. The lowest BCUT2D eigenvalue weighted by atomic mass is 9.80. The molecule has 3 aliphatic rings. The van der Waals surface area contributed by atoms with Crippen molar-refractivity contribution in [1.29, 1.82) is 0 Å². The predicted octanol–water partition coefficient (Wildman–Crippen LogP) is 1.56. The molecule has 0 bridgehead atoms. The van der Waals surface area contributed by atoms with Crippen molar-refractivity contribution in [3.05, 3.63) is 40.9 Å². The Morgan fingerprint density at radius 2 is 1.89 bits per heavy atom. The molecule has 7 N–H and O–H groups in total. The summed E-state index contributed by atoms with van der Waals surface area (Å²) in [5.41, 5.74) is 14.6. The Labute approximate surface area is 213 Å². The van der Waals surface area contributed by atoms with E-state index in [1.165, 1.54) is 6.42 Å². The summed E-state index contributed by atoms with van der Waals surface area (Å²) in [4.78, 5) is 32.1. The Bertz CT molecular complexity index is 1070. The molecule has 196 valence electrons. The van der Waals surface area contributed by atoms with Crippen molar-refractivity contribution in [2.75, 3.05) is 32.7 Å². The van der Waals surface area contributed by atoms with E-state index in [1.54, 1.807) is 12.2 Å². The summed E-state index contributed by atoms with van der Waals surface area (Å²) in [6.07, 6.45) is 10.2. The maximum absolute atomic E-state index is 12.8. The maximum atomic E-state index is 12.8. The summed E-state index contributed by atoms with van der Waals surface area (Å²) in [5, 5.41) is 9.30. The van der Waals surface area contributed by atoms with Gasteiger partial charge in [-0.15, -0.1) is 0 Å². The van der Waals surface area contributed by atoms with Crippen LogP contribution >= 0.6 is 0 Å². The van der Waals surface area contributed by atoms with Gasteiger partial charge in [0.2, 0.25) is 11.9 Å². The second kappa shape index (κ2) is 11.2. The van der Waals surface area contributed by atoms with Crippen LogP contribution in [-0.2, 0) is 16.8 Å². The largest absolute Gasteiger partial charge is 0.385 e. The fraction of sp³-hybridized carbons (Fsp3) is 0.577. The van der Waals surface area contributed by atoms with Crippen molar-refractivity contribution < 1.29 is 9.59 Å². The number of carbonyl (C=O) groups is 2. The molecule has 2 fully saturated rings. The molecule has 36 heavy (non-hydrogen) atoms. The van der Waals surface area contributed by atoms with Crippen LogP contribution in [-0.4, -0.2) is 60.0 Å². The third-order valence-corrected chi connectivity index (χ3v) is 7.52. The van der Waals surface area contributed by atoms with Gasteiger partial charge in [-0.3, -0.25) is 9.59 Å². The van der Waals surface area contributed by atoms with Gasteiger partial charge in [0.25, 0.3) is 5.91 Å². The van der Waals surface area contributed by atoms with Gasteiger partial charge in [0.05, 0.1) is 5.54 Å². The van der Waals surface area contributed by atoms with Gasteiger partial charge in [0, 0.05) is 38.3 Å². The highest BCUT2D eigenvalue weighted by molar-refractivity contribution is 5.96. The Hall–Kier alpha value is -3.27. The van der Waals surface area contributed by atoms with Crippen LogP contribution in [0.3, 0.4) is 0 Å². The summed E-state index contributed by atoms with van der Waals surface area (Å²) < 4.78 is 2.12. The first kappa shape index (κ1) is 25.8. The van der Waals surface area contributed by atoms with E-state index in [0.29, 0.717) is 43.1 Å². The van der Waals surface area contributed by atoms with Crippen LogP contribution in [0.5, 0.6) is 0 Å². The first-order valence-electron chi connectivity index (χ1n) is 13.2. The van der Waals surface area contributed by atoms with E-state index in [1.807, 2.05) is 17.9 Å². The number of hydrogen-bond acceptors (Lipinski definition) is 5. The van der Waals surface area contributed by atoms with Crippen molar-refractivity contribution in [3.8, 4) is 0 Å². The second-order valence-corrected chi connectivity index (χ2v) is 9.87. The summed E-state index contributed by atoms with van der Waals surface area (Å²) in [6, 6.07) is 1.94. The number of fused-ring (bicyclic) bond motifs is 2. The maximum Gasteiger partial charge on any atom is 0.268 e. The van der Waals surface area contributed by atoms with Gasteiger partial charge in [0.15, 0.2) is 0 Å². The van der Waals surface area contributed by atoms with E-state index < -0.39 is 0 Å². The van der Waals surface area contributed by atoms with E-state index in [-0.39, 0.29) is 23.3 Å². The molecule has 0 radical (unpaired) electrons. The third kappa shape index (κ3) is 5.28. The van der Waals surface area contributed by atoms with Crippen molar-refractivity contribution in [3.63, 3.8) is 0 Å². The summed E-state index contributed by atoms with van der Waals surface area (Å²) in [7, 11) is 0. The molecule has 1 saturated heterocycles. The summed E-state index contributed by atoms with van der Waals surface area (Å²) in [6.45, 7) is 7.64. The molecule has 1 spiro atoms. The van der Waals surface area contributed by atoms with Gasteiger partial charge in [-0.2, -0.15) is 4.99 Å². The molecule has 1 aromatic heterocycles. The molecular weight excluding hydrogens is 456 g/mol. The molecule has 2 aliphatic heterocycles. The quantitative estimate of drug-likeness (QED) is 0.175. The number of rotatable bonds is 6. The summed E-state index contributed by atoms with van der Waals surface area (Å²) >= 11 is 0. The molecule has 0 aromatic carbocycles. The molecule has 1 aromatic rings. The summed E-state index contributed by atoms with van der Waals surface area (Å²) in [5.74, 6) is 1.13. The number of carbonyl (C=O) groups excluding carboxylic acids is 2. The van der Waals surface area contributed by atoms with Crippen LogP contribution < -0.4 is 27.4 Å². The molecule has 1 saturated carbocycles. The van der Waals surface area contributed by atoms with Crippen molar-refractivity contribution in [2.45, 2.75) is 64.3 Å². The Morgan fingerprint density at radius 3 is 2.56 bits per heavy atom. The van der Waals surface area contributed by atoms with Crippen LogP contribution in [0.4, 0.5) is 5.82 Å². The normalized spacial score (nSPS) is 20.8. The lowest BCUT2D eigenvalue weighted by molar-refractivity contribution is -0.127. The Balaban J connectivity index is 1.57. The minimum Gasteiger partial charge on any atom is -0.385 e. The third-order valence-electron chi connectivity index (χ3n) is 7.52. The number of aromatic nitrogens is 1. The number of piperazine rings is 1. The molecule has 1 aliphatic carbocycles. The lowest BCUT2D eigenvalue weighted by Crippen LogP contribution is -2.52. The Kier molecular flexibility index (Phi) is 8.03. The fourth-order valence-corrected chi connectivity index (χ4v) is 5.54. The zero-order valence-electron chi connectivity index (χ0n) is 21.5. The van der Waals surface area contributed by atoms with E-state index in [9.17, 15) is 9.59 Å². The van der Waals surface area contributed by atoms with E-state index >= 15 is 0 Å². The van der Waals surface area contributed by atoms with Crippen molar-refractivity contribution in [2.24, 2.45) is 16.5 Å². The molecule has 4 rings (SSSR count). The monoisotopic (exact) mass is 496 g/mol.